The quantitative estimate of drug-likeness (QED) is 0.857. The number of likely N-dealkylation sites (tertiary alicyclic amines) is 1. The Kier molecular flexibility index (Phi) is 5.61. The number of hydrogen-bond donors (Lipinski definition) is 1. The molecule has 0 radical (unpaired) electrons. The number of carbonyl (C=O) groups is 2. The number of urea groups is 1. The summed E-state index contributed by atoms with van der Waals surface area (Å²) in [5, 5.41) is 3.53. The van der Waals surface area contributed by atoms with Crippen LogP contribution in [0.25, 0.3) is 0 Å². The van der Waals surface area contributed by atoms with Crippen molar-refractivity contribution in [3.8, 4) is 5.75 Å². The van der Waals surface area contributed by atoms with E-state index in [-0.39, 0.29) is 30.0 Å². The molecule has 1 aromatic carbocycles. The third kappa shape index (κ3) is 4.06. The number of rotatable bonds is 2. The first kappa shape index (κ1) is 18.8. The van der Waals surface area contributed by atoms with Crippen LogP contribution in [0, 0.1) is 5.92 Å². The molecule has 0 saturated carbocycles. The van der Waals surface area contributed by atoms with E-state index in [0.29, 0.717) is 48.9 Å². The molecule has 0 unspecified atom stereocenters. The van der Waals surface area contributed by atoms with Gasteiger partial charge in [0.2, 0.25) is 5.91 Å². The Bertz CT molecular complexity index is 687. The minimum Gasteiger partial charge on any atom is -0.487 e. The lowest BCUT2D eigenvalue weighted by Gasteiger charge is -2.39. The summed E-state index contributed by atoms with van der Waals surface area (Å²) in [5.74, 6) is 0.740. The summed E-state index contributed by atoms with van der Waals surface area (Å²) < 4.78 is 5.82. The van der Waals surface area contributed by atoms with Crippen molar-refractivity contribution >= 4 is 29.2 Å². The van der Waals surface area contributed by atoms with Gasteiger partial charge in [-0.1, -0.05) is 11.6 Å². The van der Waals surface area contributed by atoms with Crippen molar-refractivity contribution in [1.29, 1.82) is 0 Å². The highest BCUT2D eigenvalue weighted by Gasteiger charge is 2.34. The van der Waals surface area contributed by atoms with Crippen LogP contribution in [0.2, 0.25) is 5.02 Å². The maximum atomic E-state index is 13.1. The lowest BCUT2D eigenvalue weighted by atomic mass is 9.96. The van der Waals surface area contributed by atoms with Gasteiger partial charge < -0.3 is 15.0 Å². The summed E-state index contributed by atoms with van der Waals surface area (Å²) in [7, 11) is 0. The lowest BCUT2D eigenvalue weighted by Crippen LogP contribution is -2.52. The number of ether oxygens (including phenoxy) is 1. The highest BCUT2D eigenvalue weighted by Crippen LogP contribution is 2.36. The Balaban J connectivity index is 1.68. The first-order valence-corrected chi connectivity index (χ1v) is 9.56. The molecule has 1 atom stereocenters. The number of carbonyl (C=O) groups excluding carboxylic acids is 2. The number of fused-ring (bicyclic) bond motifs is 1. The summed E-state index contributed by atoms with van der Waals surface area (Å²) >= 11 is 6.11. The van der Waals surface area contributed by atoms with Crippen LogP contribution in [0.3, 0.4) is 0 Å². The number of piperidine rings is 1. The highest BCUT2D eigenvalue weighted by molar-refractivity contribution is 6.31. The minimum absolute atomic E-state index is 0.0215. The Morgan fingerprint density at radius 2 is 1.96 bits per heavy atom. The van der Waals surface area contributed by atoms with Gasteiger partial charge in [0.25, 0.3) is 0 Å². The van der Waals surface area contributed by atoms with Crippen molar-refractivity contribution in [3.05, 3.63) is 23.2 Å². The number of amides is 3. The molecule has 1 saturated heterocycles. The fourth-order valence-corrected chi connectivity index (χ4v) is 3.66. The predicted octanol–water partition coefficient (Wildman–Crippen LogP) is 3.28. The molecule has 1 fully saturated rings. The SMILES string of the molecule is CC(C)NC(=O)C1CCN(C(=O)N2C[C@H](C)Oc3ccc(Cl)cc32)CC1. The van der Waals surface area contributed by atoms with Crippen LogP contribution in [0.4, 0.5) is 10.5 Å². The molecule has 2 aliphatic rings. The number of nitrogens with one attached hydrogen (secondary N) is 1. The van der Waals surface area contributed by atoms with Crippen molar-refractivity contribution in [2.24, 2.45) is 5.92 Å². The largest absolute Gasteiger partial charge is 0.487 e. The van der Waals surface area contributed by atoms with Crippen LogP contribution in [0.5, 0.6) is 5.75 Å². The summed E-state index contributed by atoms with van der Waals surface area (Å²) in [6, 6.07) is 5.42. The third-order valence-electron chi connectivity index (χ3n) is 4.78. The second kappa shape index (κ2) is 7.74. The molecule has 1 N–H and O–H groups in total. The fraction of sp³-hybridized carbons (Fsp3) is 0.579. The number of hydrogen-bond acceptors (Lipinski definition) is 3. The molecule has 26 heavy (non-hydrogen) atoms. The van der Waals surface area contributed by atoms with Crippen molar-refractivity contribution in [2.75, 3.05) is 24.5 Å². The monoisotopic (exact) mass is 379 g/mol. The van der Waals surface area contributed by atoms with Gasteiger partial charge in [-0.05, 0) is 51.8 Å². The van der Waals surface area contributed by atoms with E-state index in [4.69, 9.17) is 16.3 Å². The van der Waals surface area contributed by atoms with Crippen molar-refractivity contribution < 1.29 is 14.3 Å². The number of anilines is 1. The van der Waals surface area contributed by atoms with Gasteiger partial charge in [0.15, 0.2) is 0 Å². The fourth-order valence-electron chi connectivity index (χ4n) is 3.50. The molecule has 0 aliphatic carbocycles. The van der Waals surface area contributed by atoms with E-state index in [9.17, 15) is 9.59 Å². The molecule has 3 rings (SSSR count). The summed E-state index contributed by atoms with van der Waals surface area (Å²) in [4.78, 5) is 28.8. The molecule has 3 amide bonds. The van der Waals surface area contributed by atoms with Gasteiger partial charge in [-0.15, -0.1) is 0 Å². The Morgan fingerprint density at radius 1 is 1.27 bits per heavy atom. The van der Waals surface area contributed by atoms with Gasteiger partial charge in [0.05, 0.1) is 12.2 Å². The molecule has 142 valence electrons. The van der Waals surface area contributed by atoms with Gasteiger partial charge >= 0.3 is 6.03 Å². The number of benzene rings is 1. The molecule has 0 aromatic heterocycles. The van der Waals surface area contributed by atoms with Crippen LogP contribution in [-0.4, -0.2) is 48.6 Å². The van der Waals surface area contributed by atoms with Crippen LogP contribution in [-0.2, 0) is 4.79 Å². The maximum absolute atomic E-state index is 13.1. The first-order chi connectivity index (χ1) is 12.3. The van der Waals surface area contributed by atoms with E-state index >= 15 is 0 Å². The first-order valence-electron chi connectivity index (χ1n) is 9.18. The zero-order valence-corrected chi connectivity index (χ0v) is 16.3. The number of nitrogens with zero attached hydrogens (tertiary/aromatic N) is 2. The van der Waals surface area contributed by atoms with Gasteiger partial charge in [-0.2, -0.15) is 0 Å². The Morgan fingerprint density at radius 3 is 2.62 bits per heavy atom. The molecule has 7 heteroatoms. The Hall–Kier alpha value is -1.95. The zero-order chi connectivity index (χ0) is 18.8. The van der Waals surface area contributed by atoms with Crippen LogP contribution < -0.4 is 15.0 Å². The summed E-state index contributed by atoms with van der Waals surface area (Å²) in [6.07, 6.45) is 1.29. The second-order valence-electron chi connectivity index (χ2n) is 7.36. The van der Waals surface area contributed by atoms with Crippen LogP contribution in [0.15, 0.2) is 18.2 Å². The third-order valence-corrected chi connectivity index (χ3v) is 5.01. The van der Waals surface area contributed by atoms with E-state index in [2.05, 4.69) is 5.32 Å². The van der Waals surface area contributed by atoms with E-state index in [1.165, 1.54) is 0 Å². The van der Waals surface area contributed by atoms with Crippen LogP contribution >= 0.6 is 11.6 Å². The van der Waals surface area contributed by atoms with E-state index in [0.717, 1.165) is 0 Å². The average molecular weight is 380 g/mol. The molecule has 2 aliphatic heterocycles. The average Bonchev–Trinajstić information content (AvgIpc) is 2.60. The van der Waals surface area contributed by atoms with Crippen LogP contribution in [0.1, 0.15) is 33.6 Å². The lowest BCUT2D eigenvalue weighted by molar-refractivity contribution is -0.126. The van der Waals surface area contributed by atoms with Crippen molar-refractivity contribution in [1.82, 2.24) is 10.2 Å². The topological polar surface area (TPSA) is 61.9 Å². The molecule has 1 aromatic rings. The molecule has 6 nitrogen and oxygen atoms in total. The maximum Gasteiger partial charge on any atom is 0.324 e. The normalized spacial score (nSPS) is 20.6. The molecular weight excluding hydrogens is 354 g/mol. The summed E-state index contributed by atoms with van der Waals surface area (Å²) in [6.45, 7) is 7.50. The second-order valence-corrected chi connectivity index (χ2v) is 7.79. The van der Waals surface area contributed by atoms with Gasteiger partial charge in [0, 0.05) is 30.1 Å². The van der Waals surface area contributed by atoms with Gasteiger partial charge in [-0.3, -0.25) is 9.69 Å². The molecule has 2 heterocycles. The minimum atomic E-state index is -0.0815. The van der Waals surface area contributed by atoms with Gasteiger partial charge in [-0.25, -0.2) is 4.79 Å². The number of halogens is 1. The van der Waals surface area contributed by atoms with Gasteiger partial charge in [0.1, 0.15) is 11.9 Å². The molecule has 0 spiro atoms. The van der Waals surface area contributed by atoms with E-state index in [1.807, 2.05) is 25.7 Å². The van der Waals surface area contributed by atoms with Crippen molar-refractivity contribution in [2.45, 2.75) is 45.8 Å². The highest BCUT2D eigenvalue weighted by atomic mass is 35.5. The standard InChI is InChI=1S/C19H26ClN3O3/c1-12(2)21-18(24)14-6-8-22(9-7-14)19(25)23-11-13(3)26-17-5-4-15(20)10-16(17)23/h4-5,10,12-14H,6-9,11H2,1-3H3,(H,21,24)/t13-/m0/s1. The summed E-state index contributed by atoms with van der Waals surface area (Å²) in [5.41, 5.74) is 0.709. The molecule has 0 bridgehead atoms. The molecular formula is C19H26ClN3O3. The zero-order valence-electron chi connectivity index (χ0n) is 15.5. The Labute approximate surface area is 159 Å². The van der Waals surface area contributed by atoms with Crippen molar-refractivity contribution in [3.63, 3.8) is 0 Å². The smallest absolute Gasteiger partial charge is 0.324 e. The predicted molar refractivity (Wildman–Crippen MR) is 102 cm³/mol. The van der Waals surface area contributed by atoms with E-state index < -0.39 is 0 Å². The van der Waals surface area contributed by atoms with E-state index in [1.54, 1.807) is 23.1 Å².